The summed E-state index contributed by atoms with van der Waals surface area (Å²) in [7, 11) is 0. The highest BCUT2D eigenvalue weighted by Crippen LogP contribution is 2.60. The lowest BCUT2D eigenvalue weighted by Gasteiger charge is -2.37. The Morgan fingerprint density at radius 1 is 0.266 bits per heavy atom. The predicted octanol–water partition coefficient (Wildman–Crippen LogP) is 16.3. The normalized spacial score (nSPS) is 17.7. The molecule has 0 saturated heterocycles. The average Bonchev–Trinajstić information content (AvgIpc) is 4.33. The molecule has 0 aliphatic heterocycles. The van der Waals surface area contributed by atoms with Gasteiger partial charge < -0.3 is 15.3 Å². The zero-order chi connectivity index (χ0) is 52.7. The lowest BCUT2D eigenvalue weighted by atomic mass is 9.64. The van der Waals surface area contributed by atoms with Crippen molar-refractivity contribution in [3.05, 3.63) is 351 Å². The molecule has 0 radical (unpaired) electrons. The number of fused-ring (bicyclic) bond motifs is 11. The molecule has 5 aliphatic carbocycles. The lowest BCUT2D eigenvalue weighted by molar-refractivity contribution is 0.121. The Labute approximate surface area is 460 Å². The van der Waals surface area contributed by atoms with Crippen molar-refractivity contribution in [2.45, 2.75) is 35.1 Å². The number of benzene rings is 11. The van der Waals surface area contributed by atoms with Gasteiger partial charge in [-0.2, -0.15) is 0 Å². The second kappa shape index (κ2) is 16.9. The second-order valence-electron chi connectivity index (χ2n) is 22.0. The highest BCUT2D eigenvalue weighted by molar-refractivity contribution is 5.92. The molecular formula is C76H52O3. The Hall–Kier alpha value is -9.22. The van der Waals surface area contributed by atoms with E-state index < -0.39 is 22.2 Å². The van der Waals surface area contributed by atoms with Gasteiger partial charge in [0.25, 0.3) is 0 Å². The summed E-state index contributed by atoms with van der Waals surface area (Å²) in [5.74, 6) is 0. The fourth-order valence-electron chi connectivity index (χ4n) is 14.9. The molecule has 1 unspecified atom stereocenters. The molecular weight excluding hydrogens is 961 g/mol. The Morgan fingerprint density at radius 2 is 0.608 bits per heavy atom. The van der Waals surface area contributed by atoms with Crippen LogP contribution in [-0.2, 0) is 22.2 Å². The Morgan fingerprint density at radius 3 is 1.08 bits per heavy atom. The maximum Gasteiger partial charge on any atom is 0.141 e. The van der Waals surface area contributed by atoms with Crippen LogP contribution < -0.4 is 0 Å². The molecule has 16 rings (SSSR count). The first kappa shape index (κ1) is 45.9. The van der Waals surface area contributed by atoms with Crippen LogP contribution >= 0.6 is 0 Å². The van der Waals surface area contributed by atoms with E-state index in [-0.39, 0.29) is 0 Å². The summed E-state index contributed by atoms with van der Waals surface area (Å²) in [5.41, 5.74) is 20.4. The molecule has 0 saturated carbocycles. The molecule has 0 heterocycles. The molecule has 1 atom stereocenters. The summed E-state index contributed by atoms with van der Waals surface area (Å²) in [6.45, 7) is 0. The molecule has 79 heavy (non-hydrogen) atoms. The van der Waals surface area contributed by atoms with Gasteiger partial charge in [-0.3, -0.25) is 0 Å². The van der Waals surface area contributed by atoms with E-state index in [0.29, 0.717) is 0 Å². The molecule has 0 bridgehead atoms. The SMILES string of the molecule is OC1(c2ccc(-c3ccc(C4(c5cc(C6(O)c7ccccc7-c7ccccc76)ccc5-c5ccc(C6(O)c7ccccc7-c7ccccc76)cc5)c5ccccc5-c5ccccc54)cc3)cc2)C2=C(C=CCC2)c2ccccc21. The van der Waals surface area contributed by atoms with Crippen molar-refractivity contribution in [2.24, 2.45) is 0 Å². The minimum atomic E-state index is -1.45. The molecule has 3 nitrogen and oxygen atoms in total. The number of allylic oxidation sites excluding steroid dienone is 3. The van der Waals surface area contributed by atoms with Crippen LogP contribution in [0.15, 0.2) is 279 Å². The van der Waals surface area contributed by atoms with Crippen molar-refractivity contribution in [1.29, 1.82) is 0 Å². The molecule has 0 fully saturated rings. The van der Waals surface area contributed by atoms with Crippen molar-refractivity contribution in [2.75, 3.05) is 0 Å². The zero-order valence-corrected chi connectivity index (χ0v) is 43.2. The smallest absolute Gasteiger partial charge is 0.141 e. The van der Waals surface area contributed by atoms with E-state index in [4.69, 9.17) is 0 Å². The monoisotopic (exact) mass is 1010 g/mol. The molecule has 11 aromatic carbocycles. The molecule has 11 aromatic rings. The van der Waals surface area contributed by atoms with E-state index in [1.54, 1.807) is 0 Å². The fraction of sp³-hybridized carbons (Fsp3) is 0.0789. The van der Waals surface area contributed by atoms with Crippen molar-refractivity contribution in [3.8, 4) is 55.6 Å². The van der Waals surface area contributed by atoms with E-state index in [9.17, 15) is 15.3 Å². The topological polar surface area (TPSA) is 60.7 Å². The summed E-state index contributed by atoms with van der Waals surface area (Å²) in [4.78, 5) is 0. The number of rotatable bonds is 7. The summed E-state index contributed by atoms with van der Waals surface area (Å²) < 4.78 is 0. The van der Waals surface area contributed by atoms with Gasteiger partial charge >= 0.3 is 0 Å². The van der Waals surface area contributed by atoms with Gasteiger partial charge in [0, 0.05) is 27.8 Å². The van der Waals surface area contributed by atoms with Gasteiger partial charge in [-0.1, -0.05) is 273 Å². The number of hydrogen-bond donors (Lipinski definition) is 3. The van der Waals surface area contributed by atoms with Gasteiger partial charge in [0.05, 0.1) is 5.41 Å². The predicted molar refractivity (Wildman–Crippen MR) is 317 cm³/mol. The van der Waals surface area contributed by atoms with Crippen molar-refractivity contribution in [1.82, 2.24) is 0 Å². The zero-order valence-electron chi connectivity index (χ0n) is 43.2. The third kappa shape index (κ3) is 6.13. The maximum atomic E-state index is 13.7. The maximum absolute atomic E-state index is 13.7. The summed E-state index contributed by atoms with van der Waals surface area (Å²) in [6, 6.07) is 91.6. The van der Waals surface area contributed by atoms with Gasteiger partial charge in [-0.25, -0.2) is 0 Å². The molecule has 0 aromatic heterocycles. The minimum absolute atomic E-state index is 0.783. The van der Waals surface area contributed by atoms with Gasteiger partial charge in [0.15, 0.2) is 0 Å². The number of hydrogen-bond acceptors (Lipinski definition) is 3. The standard InChI is InChI=1S/C76H52O3/c77-74(66-27-11-3-19-58(66)59-20-4-12-28-67(59)74)52-41-35-49(36-42-52)48-33-39-51(40-34-48)73(64-25-9-1-17-56(64)57-18-2-10-26-65(57)73)72-47-54(76(79)70-31-15-7-23-62(70)63-24-8-16-32-71(63)76)45-46-55(72)50-37-43-53(44-38-50)75(78)68-29-13-5-21-60(68)61-22-6-14-30-69(61)75/h1-11,13-27,29-47,77-79H,12,28H2. The van der Waals surface area contributed by atoms with Crippen LogP contribution in [0.3, 0.4) is 0 Å². The van der Waals surface area contributed by atoms with E-state index in [0.717, 1.165) is 141 Å². The first-order chi connectivity index (χ1) is 38.8. The molecule has 3 N–H and O–H groups in total. The van der Waals surface area contributed by atoms with Gasteiger partial charge in [0.2, 0.25) is 0 Å². The molecule has 0 spiro atoms. The molecule has 3 heteroatoms. The first-order valence-electron chi connectivity index (χ1n) is 27.5. The van der Waals surface area contributed by atoms with Crippen LogP contribution in [0.4, 0.5) is 0 Å². The summed E-state index contributed by atoms with van der Waals surface area (Å²) in [6.07, 6.45) is 6.13. The van der Waals surface area contributed by atoms with Gasteiger partial charge in [-0.15, -0.1) is 0 Å². The largest absolute Gasteiger partial charge is 0.376 e. The van der Waals surface area contributed by atoms with E-state index in [1.807, 2.05) is 54.6 Å². The first-order valence-corrected chi connectivity index (χ1v) is 27.5. The van der Waals surface area contributed by atoms with Crippen LogP contribution in [0.25, 0.3) is 61.2 Å². The van der Waals surface area contributed by atoms with Crippen LogP contribution in [0, 0.1) is 0 Å². The highest BCUT2D eigenvalue weighted by Gasteiger charge is 2.50. The fourth-order valence-corrected chi connectivity index (χ4v) is 14.9. The molecule has 374 valence electrons. The van der Waals surface area contributed by atoms with Gasteiger partial charge in [-0.05, 0) is 124 Å². The molecule has 0 amide bonds. The average molecular weight is 1010 g/mol. The van der Waals surface area contributed by atoms with Gasteiger partial charge in [0.1, 0.15) is 16.8 Å². The van der Waals surface area contributed by atoms with E-state index in [2.05, 4.69) is 218 Å². The van der Waals surface area contributed by atoms with Crippen molar-refractivity contribution < 1.29 is 15.3 Å². The van der Waals surface area contributed by atoms with Crippen molar-refractivity contribution >= 4 is 5.57 Å². The Bertz CT molecular complexity index is 4270. The lowest BCUT2D eigenvalue weighted by Crippen LogP contribution is -2.31. The number of aliphatic hydroxyl groups is 3. The Kier molecular flexibility index (Phi) is 9.82. The molecule has 5 aliphatic rings. The van der Waals surface area contributed by atoms with E-state index >= 15 is 0 Å². The Balaban J connectivity index is 0.894. The van der Waals surface area contributed by atoms with E-state index in [1.165, 1.54) is 11.1 Å². The quantitative estimate of drug-likeness (QED) is 0.149. The van der Waals surface area contributed by atoms with Crippen LogP contribution in [0.2, 0.25) is 0 Å². The highest BCUT2D eigenvalue weighted by atomic mass is 16.3. The third-order valence-electron chi connectivity index (χ3n) is 18.4. The van der Waals surface area contributed by atoms with Crippen LogP contribution in [0.5, 0.6) is 0 Å². The summed E-state index contributed by atoms with van der Waals surface area (Å²) in [5, 5.41) is 39.5. The summed E-state index contributed by atoms with van der Waals surface area (Å²) >= 11 is 0. The van der Waals surface area contributed by atoms with Crippen molar-refractivity contribution in [3.63, 3.8) is 0 Å². The second-order valence-corrected chi connectivity index (χ2v) is 22.0. The third-order valence-corrected chi connectivity index (χ3v) is 18.4. The van der Waals surface area contributed by atoms with Crippen LogP contribution in [-0.4, -0.2) is 15.3 Å². The minimum Gasteiger partial charge on any atom is -0.376 e. The van der Waals surface area contributed by atoms with Crippen LogP contribution in [0.1, 0.15) is 85.2 Å².